The van der Waals surface area contributed by atoms with E-state index >= 15 is 0 Å². The number of phenols is 1. The average Bonchev–Trinajstić information content (AvgIpc) is 2.58. The molecule has 4 heteroatoms. The number of hydrogen-bond donors (Lipinski definition) is 2. The van der Waals surface area contributed by atoms with Gasteiger partial charge in [-0.05, 0) is 36.3 Å². The van der Waals surface area contributed by atoms with E-state index in [1.165, 1.54) is 25.7 Å². The van der Waals surface area contributed by atoms with Crippen LogP contribution in [0.15, 0.2) is 18.2 Å². The predicted molar refractivity (Wildman–Crippen MR) is 101 cm³/mol. The van der Waals surface area contributed by atoms with Crippen molar-refractivity contribution in [2.45, 2.75) is 83.3 Å². The smallest absolute Gasteiger partial charge is 0.210 e. The van der Waals surface area contributed by atoms with Gasteiger partial charge in [-0.2, -0.15) is 0 Å². The maximum absolute atomic E-state index is 11.3. The number of unbranched alkanes of at least 4 members (excludes halogenated alkanes) is 3. The van der Waals surface area contributed by atoms with Crippen molar-refractivity contribution in [3.05, 3.63) is 29.3 Å². The van der Waals surface area contributed by atoms with Crippen LogP contribution in [-0.4, -0.2) is 34.2 Å². The predicted octanol–water partition coefficient (Wildman–Crippen LogP) is 4.29. The highest BCUT2D eigenvalue weighted by Gasteiger charge is 2.30. The number of likely N-dealkylation sites (tertiary alicyclic amines) is 1. The van der Waals surface area contributed by atoms with Crippen LogP contribution in [0.4, 0.5) is 0 Å². The van der Waals surface area contributed by atoms with Gasteiger partial charge in [0, 0.05) is 12.1 Å². The van der Waals surface area contributed by atoms with Gasteiger partial charge < -0.3 is 15.1 Å². The Labute approximate surface area is 151 Å². The van der Waals surface area contributed by atoms with Gasteiger partial charge in [0.1, 0.15) is 5.75 Å². The molecule has 140 valence electrons. The van der Waals surface area contributed by atoms with Crippen LogP contribution in [0.1, 0.15) is 82.9 Å². The van der Waals surface area contributed by atoms with E-state index in [9.17, 15) is 15.0 Å². The first-order valence-corrected chi connectivity index (χ1v) is 9.61. The van der Waals surface area contributed by atoms with Gasteiger partial charge in [0.25, 0.3) is 0 Å². The highest BCUT2D eigenvalue weighted by Crippen LogP contribution is 2.38. The molecule has 0 bridgehead atoms. The molecule has 0 aliphatic carbocycles. The fraction of sp³-hybridized carbons (Fsp3) is 0.667. The second kappa shape index (κ2) is 8.70. The molecular weight excluding hydrogens is 314 g/mol. The number of amides is 1. The normalized spacial score (nSPS) is 21.4. The molecule has 4 nitrogen and oxygen atoms in total. The number of piperidine rings is 1. The molecule has 1 saturated heterocycles. The van der Waals surface area contributed by atoms with Crippen molar-refractivity contribution in [1.29, 1.82) is 0 Å². The molecule has 0 spiro atoms. The summed E-state index contributed by atoms with van der Waals surface area (Å²) in [7, 11) is 0. The van der Waals surface area contributed by atoms with Gasteiger partial charge >= 0.3 is 0 Å². The zero-order valence-corrected chi connectivity index (χ0v) is 15.9. The van der Waals surface area contributed by atoms with Crippen LogP contribution in [-0.2, 0) is 10.2 Å². The zero-order valence-electron chi connectivity index (χ0n) is 15.9. The number of aromatic hydroxyl groups is 1. The van der Waals surface area contributed by atoms with Crippen LogP contribution in [0.25, 0.3) is 0 Å². The molecule has 1 aromatic carbocycles. The van der Waals surface area contributed by atoms with Gasteiger partial charge in [-0.15, -0.1) is 0 Å². The van der Waals surface area contributed by atoms with Gasteiger partial charge in [0.05, 0.1) is 12.1 Å². The summed E-state index contributed by atoms with van der Waals surface area (Å²) in [5.41, 5.74) is 1.87. The molecule has 1 amide bonds. The summed E-state index contributed by atoms with van der Waals surface area (Å²) in [6, 6.07) is 5.60. The summed E-state index contributed by atoms with van der Waals surface area (Å²) >= 11 is 0. The Morgan fingerprint density at radius 3 is 2.68 bits per heavy atom. The summed E-state index contributed by atoms with van der Waals surface area (Å²) in [4.78, 5) is 13.0. The number of carbonyl (C=O) groups is 1. The molecule has 1 aliphatic heterocycles. The SMILES string of the molecule is CCCCCCC(C)(C)c1ccc([C@H]2C[C@@H](O)CCN2C=O)c(O)c1. The highest BCUT2D eigenvalue weighted by molar-refractivity contribution is 5.51. The van der Waals surface area contributed by atoms with E-state index in [2.05, 4.69) is 26.8 Å². The Bertz CT molecular complexity index is 570. The Hall–Kier alpha value is -1.55. The van der Waals surface area contributed by atoms with Crippen LogP contribution in [0.2, 0.25) is 0 Å². The Morgan fingerprint density at radius 1 is 1.28 bits per heavy atom. The van der Waals surface area contributed by atoms with E-state index in [0.717, 1.165) is 24.0 Å². The first-order valence-electron chi connectivity index (χ1n) is 9.61. The summed E-state index contributed by atoms with van der Waals surface area (Å²) in [5, 5.41) is 20.5. The number of benzene rings is 1. The highest BCUT2D eigenvalue weighted by atomic mass is 16.3. The molecule has 2 N–H and O–H groups in total. The summed E-state index contributed by atoms with van der Waals surface area (Å²) in [5.74, 6) is 0.227. The topological polar surface area (TPSA) is 60.8 Å². The van der Waals surface area contributed by atoms with Gasteiger partial charge in [-0.3, -0.25) is 4.79 Å². The molecule has 1 fully saturated rings. The van der Waals surface area contributed by atoms with Crippen molar-refractivity contribution in [1.82, 2.24) is 4.90 Å². The van der Waals surface area contributed by atoms with Gasteiger partial charge in [-0.1, -0.05) is 58.6 Å². The maximum atomic E-state index is 11.3. The number of rotatable bonds is 8. The number of carbonyl (C=O) groups excluding carboxylic acids is 1. The lowest BCUT2D eigenvalue weighted by Gasteiger charge is -2.36. The van der Waals surface area contributed by atoms with Crippen molar-refractivity contribution in [3.63, 3.8) is 0 Å². The first-order chi connectivity index (χ1) is 11.9. The second-order valence-electron chi connectivity index (χ2n) is 8.01. The lowest BCUT2D eigenvalue weighted by atomic mass is 9.79. The molecule has 0 aromatic heterocycles. The summed E-state index contributed by atoms with van der Waals surface area (Å²) in [6.07, 6.45) is 7.51. The van der Waals surface area contributed by atoms with E-state index in [4.69, 9.17) is 0 Å². The van der Waals surface area contributed by atoms with E-state index in [1.807, 2.05) is 12.1 Å². The maximum Gasteiger partial charge on any atom is 0.210 e. The van der Waals surface area contributed by atoms with Crippen molar-refractivity contribution < 1.29 is 15.0 Å². The molecule has 0 radical (unpaired) electrons. The van der Waals surface area contributed by atoms with E-state index in [-0.39, 0.29) is 17.2 Å². The molecule has 1 aromatic rings. The molecular formula is C21H33NO3. The fourth-order valence-corrected chi connectivity index (χ4v) is 3.78. The lowest BCUT2D eigenvalue weighted by molar-refractivity contribution is -0.123. The van der Waals surface area contributed by atoms with E-state index in [1.54, 1.807) is 4.90 Å². The standard InChI is InChI=1S/C21H33NO3/c1-4-5-6-7-11-21(2,3)16-8-9-18(20(25)13-16)19-14-17(24)10-12-22(19)15-23/h8-9,13,15,17,19,24-25H,4-7,10-12,14H2,1-3H3/t17-,19+/m0/s1. The third kappa shape index (κ3) is 4.97. The minimum absolute atomic E-state index is 0.0141. The van der Waals surface area contributed by atoms with E-state index in [0.29, 0.717) is 19.4 Å². The number of phenolic OH excluding ortho intramolecular Hbond substituents is 1. The lowest BCUT2D eigenvalue weighted by Crippen LogP contribution is -2.37. The Morgan fingerprint density at radius 2 is 2.04 bits per heavy atom. The molecule has 2 rings (SSSR count). The van der Waals surface area contributed by atoms with Gasteiger partial charge in [0.15, 0.2) is 0 Å². The number of aliphatic hydroxyl groups is 1. The van der Waals surface area contributed by atoms with Crippen LogP contribution in [0.5, 0.6) is 5.75 Å². The monoisotopic (exact) mass is 347 g/mol. The molecule has 2 atom stereocenters. The molecule has 0 unspecified atom stereocenters. The van der Waals surface area contributed by atoms with Crippen LogP contribution >= 0.6 is 0 Å². The van der Waals surface area contributed by atoms with Crippen molar-refractivity contribution >= 4 is 6.41 Å². The second-order valence-corrected chi connectivity index (χ2v) is 8.01. The average molecular weight is 347 g/mol. The third-order valence-corrected chi connectivity index (χ3v) is 5.58. The van der Waals surface area contributed by atoms with Crippen molar-refractivity contribution in [2.24, 2.45) is 0 Å². The molecule has 1 aliphatic rings. The Balaban J connectivity index is 2.15. The minimum atomic E-state index is -0.421. The number of hydrogen-bond acceptors (Lipinski definition) is 3. The van der Waals surface area contributed by atoms with Crippen molar-refractivity contribution in [3.8, 4) is 5.75 Å². The third-order valence-electron chi connectivity index (χ3n) is 5.58. The number of aliphatic hydroxyl groups excluding tert-OH is 1. The zero-order chi connectivity index (χ0) is 18.4. The Kier molecular flexibility index (Phi) is 6.88. The largest absolute Gasteiger partial charge is 0.508 e. The van der Waals surface area contributed by atoms with Gasteiger partial charge in [0.2, 0.25) is 6.41 Å². The molecule has 25 heavy (non-hydrogen) atoms. The quantitative estimate of drug-likeness (QED) is 0.544. The number of nitrogens with zero attached hydrogens (tertiary/aromatic N) is 1. The first kappa shape index (κ1) is 19.8. The van der Waals surface area contributed by atoms with Crippen LogP contribution < -0.4 is 0 Å². The van der Waals surface area contributed by atoms with Gasteiger partial charge in [-0.25, -0.2) is 0 Å². The molecule has 0 saturated carbocycles. The van der Waals surface area contributed by atoms with Crippen LogP contribution in [0.3, 0.4) is 0 Å². The van der Waals surface area contributed by atoms with Crippen molar-refractivity contribution in [2.75, 3.05) is 6.54 Å². The summed E-state index contributed by atoms with van der Waals surface area (Å²) in [6.45, 7) is 7.18. The van der Waals surface area contributed by atoms with Crippen LogP contribution in [0, 0.1) is 0 Å². The minimum Gasteiger partial charge on any atom is -0.508 e. The summed E-state index contributed by atoms with van der Waals surface area (Å²) < 4.78 is 0. The van der Waals surface area contributed by atoms with E-state index < -0.39 is 6.10 Å². The fourth-order valence-electron chi connectivity index (χ4n) is 3.78. The molecule has 1 heterocycles.